The lowest BCUT2D eigenvalue weighted by molar-refractivity contribution is -0.147. The molecule has 0 heterocycles. The molecule has 0 unspecified atom stereocenters. The van der Waals surface area contributed by atoms with Crippen molar-refractivity contribution in [2.45, 2.75) is 24.7 Å². The second kappa shape index (κ2) is 3.73. The van der Waals surface area contributed by atoms with E-state index in [-0.39, 0.29) is 15.8 Å². The summed E-state index contributed by atoms with van der Waals surface area (Å²) >= 11 is 3.00. The highest BCUT2D eigenvalue weighted by Crippen LogP contribution is 2.49. The van der Waals surface area contributed by atoms with Crippen LogP contribution < -0.4 is 0 Å². The lowest BCUT2D eigenvalue weighted by atomic mass is 9.64. The summed E-state index contributed by atoms with van der Waals surface area (Å²) in [5.41, 5.74) is -1.35. The van der Waals surface area contributed by atoms with Crippen LogP contribution in [0.4, 0.5) is 4.39 Å². The highest BCUT2D eigenvalue weighted by molar-refractivity contribution is 9.10. The van der Waals surface area contributed by atoms with Crippen LogP contribution in [0.5, 0.6) is 5.75 Å². The molecule has 1 aromatic rings. The Labute approximate surface area is 100 Å². The Kier molecular flexibility index (Phi) is 2.66. The molecule has 2 rings (SSSR count). The predicted octanol–water partition coefficient (Wildman–Crippen LogP) is 2.80. The van der Waals surface area contributed by atoms with Gasteiger partial charge in [-0.05, 0) is 40.9 Å². The van der Waals surface area contributed by atoms with Gasteiger partial charge in [0.25, 0.3) is 0 Å². The summed E-state index contributed by atoms with van der Waals surface area (Å²) in [4.78, 5) is 11.2. The zero-order valence-corrected chi connectivity index (χ0v) is 9.92. The van der Waals surface area contributed by atoms with E-state index < -0.39 is 17.2 Å². The normalized spacial score (nSPS) is 17.9. The van der Waals surface area contributed by atoms with E-state index in [1.54, 1.807) is 0 Å². The number of aromatic hydroxyl groups is 1. The number of phenolic OH excluding ortho intramolecular Hbond substituents is 1. The Hall–Kier alpha value is -1.10. The summed E-state index contributed by atoms with van der Waals surface area (Å²) in [6.07, 6.45) is 1.46. The third-order valence-corrected chi connectivity index (χ3v) is 3.78. The minimum atomic E-state index is -1.25. The Morgan fingerprint density at radius 2 is 2.06 bits per heavy atom. The van der Waals surface area contributed by atoms with Gasteiger partial charge in [-0.1, -0.05) is 6.42 Å². The van der Waals surface area contributed by atoms with Crippen LogP contribution in [0, 0.1) is 5.82 Å². The van der Waals surface area contributed by atoms with Gasteiger partial charge in [-0.25, -0.2) is 4.39 Å². The molecule has 1 aliphatic carbocycles. The quantitative estimate of drug-likeness (QED) is 0.880. The van der Waals surface area contributed by atoms with Gasteiger partial charge < -0.3 is 10.2 Å². The molecule has 5 heteroatoms. The van der Waals surface area contributed by atoms with Crippen LogP contribution >= 0.6 is 15.9 Å². The number of hydrogen-bond donors (Lipinski definition) is 2. The van der Waals surface area contributed by atoms with Gasteiger partial charge in [0.15, 0.2) is 0 Å². The van der Waals surface area contributed by atoms with Crippen molar-refractivity contribution in [3.05, 3.63) is 28.0 Å². The lowest BCUT2D eigenvalue weighted by Gasteiger charge is -2.38. The maximum Gasteiger partial charge on any atom is 0.314 e. The van der Waals surface area contributed by atoms with Crippen molar-refractivity contribution in [3.63, 3.8) is 0 Å². The second-order valence-electron chi connectivity index (χ2n) is 4.00. The van der Waals surface area contributed by atoms with Crippen LogP contribution in [0.1, 0.15) is 24.8 Å². The minimum absolute atomic E-state index is 0.0966. The van der Waals surface area contributed by atoms with Crippen molar-refractivity contribution >= 4 is 21.9 Å². The van der Waals surface area contributed by atoms with Crippen LogP contribution in [0.25, 0.3) is 0 Å². The first kappa shape index (κ1) is 11.4. The first-order chi connectivity index (χ1) is 7.49. The molecule has 0 aromatic heterocycles. The summed E-state index contributed by atoms with van der Waals surface area (Å²) in [6.45, 7) is 0. The Bertz CT molecular complexity index is 455. The van der Waals surface area contributed by atoms with E-state index in [2.05, 4.69) is 15.9 Å². The lowest BCUT2D eigenvalue weighted by Crippen LogP contribution is -2.43. The number of phenols is 1. The van der Waals surface area contributed by atoms with Gasteiger partial charge in [-0.3, -0.25) is 4.79 Å². The van der Waals surface area contributed by atoms with Gasteiger partial charge in [-0.2, -0.15) is 0 Å². The summed E-state index contributed by atoms with van der Waals surface area (Å²) in [5, 5.41) is 18.8. The Morgan fingerprint density at radius 1 is 1.44 bits per heavy atom. The zero-order chi connectivity index (χ0) is 11.9. The minimum Gasteiger partial charge on any atom is -0.508 e. The van der Waals surface area contributed by atoms with Gasteiger partial charge in [0, 0.05) is 5.56 Å². The largest absolute Gasteiger partial charge is 0.508 e. The summed E-state index contributed by atoms with van der Waals surface area (Å²) in [5.74, 6) is -2.05. The van der Waals surface area contributed by atoms with Crippen LogP contribution in [-0.4, -0.2) is 16.2 Å². The number of carbonyl (C=O) groups is 1. The molecule has 1 aromatic carbocycles. The standard InChI is InChI=1S/C11H10BrFO3/c12-6-2-3-7(14)8(9(6)13)11(10(15)16)4-1-5-11/h2-3,14H,1,4-5H2,(H,15,16). The fourth-order valence-corrected chi connectivity index (χ4v) is 2.43. The molecule has 16 heavy (non-hydrogen) atoms. The van der Waals surface area contributed by atoms with E-state index in [0.717, 1.165) is 6.42 Å². The number of halogens is 2. The van der Waals surface area contributed by atoms with Crippen molar-refractivity contribution in [1.82, 2.24) is 0 Å². The monoisotopic (exact) mass is 288 g/mol. The highest BCUT2D eigenvalue weighted by Gasteiger charge is 2.49. The average Bonchev–Trinajstić information content (AvgIpc) is 2.15. The molecule has 1 saturated carbocycles. The molecule has 86 valence electrons. The number of carboxylic acids is 1. The van der Waals surface area contributed by atoms with Gasteiger partial charge in [-0.15, -0.1) is 0 Å². The second-order valence-corrected chi connectivity index (χ2v) is 4.85. The van der Waals surface area contributed by atoms with Crippen LogP contribution in [0.2, 0.25) is 0 Å². The van der Waals surface area contributed by atoms with E-state index >= 15 is 0 Å². The van der Waals surface area contributed by atoms with E-state index in [0.29, 0.717) is 12.8 Å². The van der Waals surface area contributed by atoms with Gasteiger partial charge >= 0.3 is 5.97 Å². The number of rotatable bonds is 2. The smallest absolute Gasteiger partial charge is 0.314 e. The van der Waals surface area contributed by atoms with Gasteiger partial charge in [0.2, 0.25) is 0 Å². The van der Waals surface area contributed by atoms with Crippen molar-refractivity contribution in [1.29, 1.82) is 0 Å². The molecular formula is C11H10BrFO3. The van der Waals surface area contributed by atoms with E-state index in [1.165, 1.54) is 12.1 Å². The molecule has 0 radical (unpaired) electrons. The molecular weight excluding hydrogens is 279 g/mol. The summed E-state index contributed by atoms with van der Waals surface area (Å²) < 4.78 is 14.0. The SMILES string of the molecule is O=C(O)C1(c2c(O)ccc(Br)c2F)CCC1. The maximum atomic E-state index is 13.9. The number of aliphatic carboxylic acids is 1. The molecule has 0 saturated heterocycles. The number of benzene rings is 1. The first-order valence-corrected chi connectivity index (χ1v) is 5.69. The van der Waals surface area contributed by atoms with E-state index in [1.807, 2.05) is 0 Å². The average molecular weight is 289 g/mol. The molecule has 3 nitrogen and oxygen atoms in total. The van der Waals surface area contributed by atoms with E-state index in [9.17, 15) is 19.4 Å². The predicted molar refractivity (Wildman–Crippen MR) is 58.9 cm³/mol. The molecule has 0 bridgehead atoms. The van der Waals surface area contributed by atoms with Crippen LogP contribution in [-0.2, 0) is 10.2 Å². The van der Waals surface area contributed by atoms with Crippen molar-refractivity contribution in [2.75, 3.05) is 0 Å². The summed E-state index contributed by atoms with van der Waals surface area (Å²) in [6, 6.07) is 2.67. The molecule has 0 amide bonds. The van der Waals surface area contributed by atoms with Crippen molar-refractivity contribution in [2.24, 2.45) is 0 Å². The van der Waals surface area contributed by atoms with E-state index in [4.69, 9.17) is 0 Å². The van der Waals surface area contributed by atoms with Crippen LogP contribution in [0.15, 0.2) is 16.6 Å². The van der Waals surface area contributed by atoms with Gasteiger partial charge in [0.05, 0.1) is 9.89 Å². The molecule has 1 fully saturated rings. The maximum absolute atomic E-state index is 13.9. The van der Waals surface area contributed by atoms with Crippen LogP contribution in [0.3, 0.4) is 0 Å². The molecule has 0 aliphatic heterocycles. The molecule has 1 aliphatic rings. The van der Waals surface area contributed by atoms with Gasteiger partial charge in [0.1, 0.15) is 11.6 Å². The Morgan fingerprint density at radius 3 is 2.50 bits per heavy atom. The first-order valence-electron chi connectivity index (χ1n) is 4.90. The zero-order valence-electron chi connectivity index (χ0n) is 8.33. The van der Waals surface area contributed by atoms with Crippen molar-refractivity contribution in [3.8, 4) is 5.75 Å². The third kappa shape index (κ3) is 1.42. The fraction of sp³-hybridized carbons (Fsp3) is 0.364. The topological polar surface area (TPSA) is 57.5 Å². The van der Waals surface area contributed by atoms with Crippen molar-refractivity contribution < 1.29 is 19.4 Å². The fourth-order valence-electron chi connectivity index (χ4n) is 2.10. The third-order valence-electron chi connectivity index (χ3n) is 3.17. The highest BCUT2D eigenvalue weighted by atomic mass is 79.9. The molecule has 0 spiro atoms. The number of hydrogen-bond acceptors (Lipinski definition) is 2. The Balaban J connectivity index is 2.63. The number of carboxylic acid groups (broad SMARTS) is 1. The summed E-state index contributed by atoms with van der Waals surface area (Å²) in [7, 11) is 0. The molecule has 0 atom stereocenters. The molecule has 2 N–H and O–H groups in total.